The van der Waals surface area contributed by atoms with Crippen molar-refractivity contribution in [2.45, 2.75) is 52.6 Å². The van der Waals surface area contributed by atoms with Gasteiger partial charge >= 0.3 is 5.63 Å². The van der Waals surface area contributed by atoms with E-state index in [0.29, 0.717) is 6.04 Å². The van der Waals surface area contributed by atoms with E-state index in [1.165, 1.54) is 24.8 Å². The Hall–Kier alpha value is -1.32. The predicted octanol–water partition coefficient (Wildman–Crippen LogP) is 0.788. The average Bonchev–Trinajstić information content (AvgIpc) is 2.40. The van der Waals surface area contributed by atoms with Crippen LogP contribution < -0.4 is 18.0 Å². The van der Waals surface area contributed by atoms with Crippen molar-refractivity contribution in [3.05, 3.63) is 45.3 Å². The minimum atomic E-state index is -0.243. The number of fused-ring (bicyclic) bond motifs is 1. The average molecular weight is 321 g/mol. The van der Waals surface area contributed by atoms with Crippen LogP contribution in [0.5, 0.6) is 0 Å². The van der Waals surface area contributed by atoms with Crippen LogP contribution >= 0.6 is 0 Å². The molecule has 1 fully saturated rings. The zero-order chi connectivity index (χ0) is 15.0. The maximum atomic E-state index is 11.9. The summed E-state index contributed by atoms with van der Waals surface area (Å²) in [6, 6.07) is 6.39. The summed E-state index contributed by atoms with van der Waals surface area (Å²) < 4.78 is 5.41. The highest BCUT2D eigenvalue weighted by atomic mass is 35.5. The lowest BCUT2D eigenvalue weighted by Crippen LogP contribution is -3.00. The molecule has 3 rings (SSSR count). The van der Waals surface area contributed by atoms with Crippen LogP contribution in [0, 0.1) is 13.8 Å². The fraction of sp³-hybridized carbons (Fsp3) is 0.500. The van der Waals surface area contributed by atoms with Gasteiger partial charge in [-0.1, -0.05) is 12.5 Å². The molecule has 1 aliphatic rings. The van der Waals surface area contributed by atoms with Crippen LogP contribution in [0.1, 0.15) is 42.9 Å². The van der Waals surface area contributed by atoms with E-state index in [2.05, 4.69) is 24.8 Å². The van der Waals surface area contributed by atoms with Crippen molar-refractivity contribution < 1.29 is 16.8 Å². The van der Waals surface area contributed by atoms with Crippen LogP contribution in [0.4, 0.5) is 0 Å². The third-order valence-electron chi connectivity index (χ3n) is 4.58. The topological polar surface area (TPSA) is 33.5 Å². The fourth-order valence-corrected chi connectivity index (χ4v) is 3.51. The third-order valence-corrected chi connectivity index (χ3v) is 4.58. The number of halogens is 1. The normalized spacial score (nSPS) is 19.1. The number of hydrogen-bond acceptors (Lipinski definition) is 3. The van der Waals surface area contributed by atoms with Crippen LogP contribution in [0.2, 0.25) is 0 Å². The Labute approximate surface area is 137 Å². The summed E-state index contributed by atoms with van der Waals surface area (Å²) in [6.45, 7) is 8.37. The van der Waals surface area contributed by atoms with Crippen LogP contribution in [-0.2, 0) is 6.54 Å². The van der Waals surface area contributed by atoms with Gasteiger partial charge in [0, 0.05) is 24.0 Å². The molecule has 0 aliphatic carbocycles. The molecule has 2 heterocycles. The van der Waals surface area contributed by atoms with E-state index in [1.807, 2.05) is 13.0 Å². The summed E-state index contributed by atoms with van der Waals surface area (Å²) >= 11 is 0. The molecule has 1 aliphatic heterocycles. The Morgan fingerprint density at radius 3 is 2.73 bits per heavy atom. The van der Waals surface area contributed by atoms with Crippen molar-refractivity contribution in [1.82, 2.24) is 4.90 Å². The van der Waals surface area contributed by atoms with E-state index in [9.17, 15) is 4.79 Å². The quantitative estimate of drug-likeness (QED) is 0.767. The van der Waals surface area contributed by atoms with Gasteiger partial charge < -0.3 is 16.8 Å². The molecular weight excluding hydrogens is 298 g/mol. The number of benzene rings is 1. The van der Waals surface area contributed by atoms with Crippen molar-refractivity contribution in [2.24, 2.45) is 0 Å². The summed E-state index contributed by atoms with van der Waals surface area (Å²) in [7, 11) is 0. The Kier molecular flexibility index (Phi) is 5.30. The summed E-state index contributed by atoms with van der Waals surface area (Å²) in [5.74, 6) is 0. The predicted molar refractivity (Wildman–Crippen MR) is 85.7 cm³/mol. The van der Waals surface area contributed by atoms with Crippen LogP contribution in [-0.4, -0.2) is 17.5 Å². The number of hydrogen-bond donors (Lipinski definition) is 0. The minimum absolute atomic E-state index is 0. The molecular formula is C18H23ClNO2-. The molecule has 0 spiro atoms. The maximum Gasteiger partial charge on any atom is 0.336 e. The lowest BCUT2D eigenvalue weighted by atomic mass is 9.99. The van der Waals surface area contributed by atoms with E-state index in [-0.39, 0.29) is 18.0 Å². The Morgan fingerprint density at radius 1 is 1.23 bits per heavy atom. The molecule has 1 unspecified atom stereocenters. The molecule has 1 aromatic carbocycles. The molecule has 120 valence electrons. The van der Waals surface area contributed by atoms with E-state index in [1.54, 1.807) is 6.07 Å². The SMILES string of the molecule is Cc1cc(C)c2c(CN3CCCCC3C)cc(=O)oc2c1.[Cl-]. The first kappa shape index (κ1) is 17.0. The first-order chi connectivity index (χ1) is 10.0. The van der Waals surface area contributed by atoms with E-state index in [0.717, 1.165) is 35.2 Å². The van der Waals surface area contributed by atoms with Crippen molar-refractivity contribution in [3.8, 4) is 0 Å². The molecule has 0 amide bonds. The van der Waals surface area contributed by atoms with Crippen molar-refractivity contribution in [1.29, 1.82) is 0 Å². The van der Waals surface area contributed by atoms with Gasteiger partial charge in [-0.25, -0.2) is 4.79 Å². The number of nitrogens with zero attached hydrogens (tertiary/aromatic N) is 1. The van der Waals surface area contributed by atoms with E-state index < -0.39 is 0 Å². The van der Waals surface area contributed by atoms with Gasteiger partial charge in [0.15, 0.2) is 0 Å². The van der Waals surface area contributed by atoms with Gasteiger partial charge in [0.1, 0.15) is 5.58 Å². The number of likely N-dealkylation sites (tertiary alicyclic amines) is 1. The van der Waals surface area contributed by atoms with Gasteiger partial charge in [0.05, 0.1) is 0 Å². The largest absolute Gasteiger partial charge is 1.00 e. The van der Waals surface area contributed by atoms with Gasteiger partial charge in [-0.3, -0.25) is 4.90 Å². The van der Waals surface area contributed by atoms with Crippen molar-refractivity contribution in [2.75, 3.05) is 6.54 Å². The van der Waals surface area contributed by atoms with Gasteiger partial charge in [0.2, 0.25) is 0 Å². The zero-order valence-corrected chi connectivity index (χ0v) is 14.2. The second-order valence-electron chi connectivity index (χ2n) is 6.36. The molecule has 4 heteroatoms. The molecule has 2 aromatic rings. The molecule has 0 saturated carbocycles. The molecule has 1 aromatic heterocycles. The van der Waals surface area contributed by atoms with E-state index in [4.69, 9.17) is 4.42 Å². The van der Waals surface area contributed by atoms with Crippen LogP contribution in [0.3, 0.4) is 0 Å². The van der Waals surface area contributed by atoms with Gasteiger partial charge in [-0.2, -0.15) is 0 Å². The van der Waals surface area contributed by atoms with Crippen molar-refractivity contribution in [3.63, 3.8) is 0 Å². The van der Waals surface area contributed by atoms with E-state index >= 15 is 0 Å². The minimum Gasteiger partial charge on any atom is -1.00 e. The highest BCUT2D eigenvalue weighted by Gasteiger charge is 2.20. The number of piperidine rings is 1. The lowest BCUT2D eigenvalue weighted by molar-refractivity contribution is -0.00000516. The van der Waals surface area contributed by atoms with Gasteiger partial charge in [0.25, 0.3) is 0 Å². The van der Waals surface area contributed by atoms with Crippen LogP contribution in [0.15, 0.2) is 27.4 Å². The van der Waals surface area contributed by atoms with Gasteiger partial charge in [-0.15, -0.1) is 0 Å². The summed E-state index contributed by atoms with van der Waals surface area (Å²) in [6.07, 6.45) is 3.81. The molecule has 3 nitrogen and oxygen atoms in total. The first-order valence-corrected chi connectivity index (χ1v) is 7.82. The Morgan fingerprint density at radius 2 is 2.00 bits per heavy atom. The summed E-state index contributed by atoms with van der Waals surface area (Å²) in [5.41, 5.74) is 3.90. The maximum absolute atomic E-state index is 11.9. The molecule has 0 radical (unpaired) electrons. The lowest BCUT2D eigenvalue weighted by Gasteiger charge is -2.33. The Bertz CT molecular complexity index is 723. The van der Waals surface area contributed by atoms with Crippen molar-refractivity contribution >= 4 is 11.0 Å². The van der Waals surface area contributed by atoms with Crippen LogP contribution in [0.25, 0.3) is 11.0 Å². The first-order valence-electron chi connectivity index (χ1n) is 7.82. The molecule has 22 heavy (non-hydrogen) atoms. The number of rotatable bonds is 2. The molecule has 0 bridgehead atoms. The summed E-state index contributed by atoms with van der Waals surface area (Å²) in [4.78, 5) is 14.3. The standard InChI is InChI=1S/C18H23NO2.ClH/c1-12-8-13(2)18-15(10-17(20)21-16(18)9-12)11-19-7-5-4-6-14(19)3;/h8-10,14H,4-7,11H2,1-3H3;1H/p-1. The second-order valence-corrected chi connectivity index (χ2v) is 6.36. The summed E-state index contributed by atoms with van der Waals surface area (Å²) in [5, 5.41) is 1.11. The smallest absolute Gasteiger partial charge is 0.336 e. The zero-order valence-electron chi connectivity index (χ0n) is 13.5. The highest BCUT2D eigenvalue weighted by Crippen LogP contribution is 2.26. The Balaban J connectivity index is 0.00000176. The fourth-order valence-electron chi connectivity index (χ4n) is 3.51. The monoisotopic (exact) mass is 320 g/mol. The molecule has 1 atom stereocenters. The molecule has 1 saturated heterocycles. The third kappa shape index (κ3) is 3.36. The number of aryl methyl sites for hydroxylation is 2. The highest BCUT2D eigenvalue weighted by molar-refractivity contribution is 5.84. The van der Waals surface area contributed by atoms with Gasteiger partial charge in [-0.05, 0) is 62.9 Å². The second kappa shape index (κ2) is 6.84. The molecule has 0 N–H and O–H groups in total.